The fraction of sp³-hybridized carbons (Fsp3) is 0.444. The van der Waals surface area contributed by atoms with Crippen molar-refractivity contribution >= 4 is 29.3 Å². The van der Waals surface area contributed by atoms with Crippen LogP contribution in [0.1, 0.15) is 12.5 Å². The number of cyclic esters (lactones) is 1. The molecule has 9 nitrogen and oxygen atoms in total. The second-order valence-corrected chi connectivity index (χ2v) is 9.89. The van der Waals surface area contributed by atoms with E-state index >= 15 is 4.39 Å². The van der Waals surface area contributed by atoms with Gasteiger partial charge in [0, 0.05) is 44.9 Å². The first kappa shape index (κ1) is 25.0. The van der Waals surface area contributed by atoms with E-state index in [0.717, 1.165) is 5.56 Å². The van der Waals surface area contributed by atoms with Gasteiger partial charge in [0.05, 0.1) is 31.1 Å². The number of carbonyl (C=O) groups excluding carboxylic acids is 3. The van der Waals surface area contributed by atoms with E-state index in [0.29, 0.717) is 44.2 Å². The van der Waals surface area contributed by atoms with Crippen molar-refractivity contribution in [1.82, 2.24) is 10.2 Å². The molecule has 0 bridgehead atoms. The summed E-state index contributed by atoms with van der Waals surface area (Å²) in [5.41, 5.74) is 1.94. The minimum atomic E-state index is -0.560. The Labute approximate surface area is 215 Å². The molecule has 0 unspecified atom stereocenters. The van der Waals surface area contributed by atoms with E-state index in [9.17, 15) is 14.4 Å². The number of hydrogen-bond donors (Lipinski definition) is 1. The molecule has 3 fully saturated rings. The van der Waals surface area contributed by atoms with Gasteiger partial charge in [-0.25, -0.2) is 9.18 Å². The van der Waals surface area contributed by atoms with Crippen LogP contribution in [0.15, 0.2) is 48.5 Å². The lowest BCUT2D eigenvalue weighted by atomic mass is 10.0. The first-order valence-electron chi connectivity index (χ1n) is 12.5. The van der Waals surface area contributed by atoms with Crippen LogP contribution in [-0.2, 0) is 25.7 Å². The molecule has 3 aliphatic rings. The van der Waals surface area contributed by atoms with Gasteiger partial charge in [0.2, 0.25) is 11.8 Å². The molecule has 0 spiro atoms. The fourth-order valence-corrected chi connectivity index (χ4v) is 5.33. The highest BCUT2D eigenvalue weighted by atomic mass is 19.1. The van der Waals surface area contributed by atoms with Gasteiger partial charge in [-0.15, -0.1) is 0 Å². The molecule has 196 valence electrons. The molecule has 0 aromatic heterocycles. The molecule has 10 heteroatoms. The van der Waals surface area contributed by atoms with Crippen molar-refractivity contribution in [3.05, 3.63) is 59.9 Å². The molecule has 2 aromatic carbocycles. The van der Waals surface area contributed by atoms with Crippen molar-refractivity contribution in [2.24, 2.45) is 11.8 Å². The second kappa shape index (κ2) is 10.8. The lowest BCUT2D eigenvalue weighted by Gasteiger charge is -2.24. The number of fused-ring (bicyclic) bond motifs is 1. The number of halogens is 1. The third-order valence-electron chi connectivity index (χ3n) is 7.21. The maximum Gasteiger partial charge on any atom is 0.414 e. The zero-order valence-electron chi connectivity index (χ0n) is 20.8. The van der Waals surface area contributed by atoms with E-state index in [1.165, 1.54) is 17.9 Å². The summed E-state index contributed by atoms with van der Waals surface area (Å²) < 4.78 is 26.0. The number of likely N-dealkylation sites (tertiary alicyclic amines) is 1. The van der Waals surface area contributed by atoms with E-state index < -0.39 is 18.0 Å². The van der Waals surface area contributed by atoms with Crippen LogP contribution in [0.5, 0.6) is 0 Å². The van der Waals surface area contributed by atoms with E-state index in [1.54, 1.807) is 12.1 Å². The number of anilines is 2. The van der Waals surface area contributed by atoms with Crippen molar-refractivity contribution in [2.45, 2.75) is 19.6 Å². The monoisotopic (exact) mass is 510 g/mol. The summed E-state index contributed by atoms with van der Waals surface area (Å²) in [6.45, 7) is 4.93. The zero-order valence-corrected chi connectivity index (χ0v) is 20.8. The molecule has 0 aliphatic carbocycles. The van der Waals surface area contributed by atoms with Crippen LogP contribution >= 0.6 is 0 Å². The molecule has 3 amide bonds. The van der Waals surface area contributed by atoms with Crippen LogP contribution in [-0.4, -0.2) is 74.8 Å². The van der Waals surface area contributed by atoms with Crippen LogP contribution < -0.4 is 15.1 Å². The highest BCUT2D eigenvalue weighted by Crippen LogP contribution is 2.36. The highest BCUT2D eigenvalue weighted by molar-refractivity contribution is 5.90. The molecule has 2 aromatic rings. The molecule has 0 radical (unpaired) electrons. The summed E-state index contributed by atoms with van der Waals surface area (Å²) in [6, 6.07) is 14.5. The number of carbonyl (C=O) groups is 3. The van der Waals surface area contributed by atoms with Crippen molar-refractivity contribution < 1.29 is 28.2 Å². The summed E-state index contributed by atoms with van der Waals surface area (Å²) in [7, 11) is 0. The molecular weight excluding hydrogens is 479 g/mol. The molecule has 3 atom stereocenters. The van der Waals surface area contributed by atoms with Gasteiger partial charge in [0.1, 0.15) is 18.5 Å². The van der Waals surface area contributed by atoms with Gasteiger partial charge in [-0.3, -0.25) is 14.5 Å². The third-order valence-corrected chi connectivity index (χ3v) is 7.21. The van der Waals surface area contributed by atoms with Crippen molar-refractivity contribution in [3.63, 3.8) is 0 Å². The minimum Gasteiger partial charge on any atom is -0.442 e. The van der Waals surface area contributed by atoms with Gasteiger partial charge in [-0.1, -0.05) is 30.3 Å². The largest absolute Gasteiger partial charge is 0.442 e. The average molecular weight is 511 g/mol. The topological polar surface area (TPSA) is 91.4 Å². The summed E-state index contributed by atoms with van der Waals surface area (Å²) >= 11 is 0. The number of rotatable bonds is 8. The molecule has 3 heterocycles. The van der Waals surface area contributed by atoms with Crippen molar-refractivity contribution in [2.75, 3.05) is 55.7 Å². The Kier molecular flexibility index (Phi) is 7.27. The number of benzene rings is 2. The smallest absolute Gasteiger partial charge is 0.414 e. The van der Waals surface area contributed by atoms with Crippen LogP contribution in [0.4, 0.5) is 20.6 Å². The number of hydrogen-bond acceptors (Lipinski definition) is 6. The number of ether oxygens (including phenoxy) is 2. The number of nitrogens with zero attached hydrogens (tertiary/aromatic N) is 3. The lowest BCUT2D eigenvalue weighted by molar-refractivity contribution is -0.135. The lowest BCUT2D eigenvalue weighted by Crippen LogP contribution is -2.35. The van der Waals surface area contributed by atoms with Gasteiger partial charge < -0.3 is 24.6 Å². The van der Waals surface area contributed by atoms with Crippen molar-refractivity contribution in [3.8, 4) is 0 Å². The Hall–Kier alpha value is -3.66. The summed E-state index contributed by atoms with van der Waals surface area (Å²) in [5, 5.41) is 2.63. The normalized spacial score (nSPS) is 22.8. The number of amides is 3. The summed E-state index contributed by atoms with van der Waals surface area (Å²) in [6.07, 6.45) is -1.04. The molecule has 37 heavy (non-hydrogen) atoms. The van der Waals surface area contributed by atoms with Gasteiger partial charge in [-0.2, -0.15) is 0 Å². The molecule has 3 aliphatic heterocycles. The maximum atomic E-state index is 15.1. The van der Waals surface area contributed by atoms with Gasteiger partial charge in [-0.05, 0) is 23.8 Å². The van der Waals surface area contributed by atoms with E-state index in [-0.39, 0.29) is 43.3 Å². The van der Waals surface area contributed by atoms with E-state index in [4.69, 9.17) is 9.47 Å². The molecule has 0 saturated carbocycles. The van der Waals surface area contributed by atoms with Crippen LogP contribution in [0.3, 0.4) is 0 Å². The van der Waals surface area contributed by atoms with Gasteiger partial charge >= 0.3 is 6.09 Å². The Morgan fingerprint density at radius 2 is 1.78 bits per heavy atom. The van der Waals surface area contributed by atoms with E-state index in [2.05, 4.69) is 5.32 Å². The number of nitrogens with one attached hydrogen (secondary N) is 1. The zero-order chi connectivity index (χ0) is 25.9. The molecule has 3 saturated heterocycles. The predicted octanol–water partition coefficient (Wildman–Crippen LogP) is 2.40. The minimum absolute atomic E-state index is 0.0123. The average Bonchev–Trinajstić information content (AvgIpc) is 3.56. The maximum absolute atomic E-state index is 15.1. The SMILES string of the molecule is CC(=O)NC[C@H]1CN(c2ccc(N3C[C@H]4CN(C(=O)COCc5ccccc5)C[C@H]4C3)c(F)c2)C(=O)O1. The van der Waals surface area contributed by atoms with Gasteiger partial charge in [0.15, 0.2) is 0 Å². The van der Waals surface area contributed by atoms with Crippen LogP contribution in [0, 0.1) is 17.7 Å². The highest BCUT2D eigenvalue weighted by Gasteiger charge is 2.42. The molecular formula is C27H31FN4O5. The van der Waals surface area contributed by atoms with Crippen molar-refractivity contribution in [1.29, 1.82) is 0 Å². The Morgan fingerprint density at radius 3 is 2.46 bits per heavy atom. The Morgan fingerprint density at radius 1 is 1.05 bits per heavy atom. The molecule has 1 N–H and O–H groups in total. The standard InChI is InChI=1S/C27H31FN4O5/c1-18(33)29-10-23-15-32(27(35)37-23)22-7-8-25(24(28)9-22)30-11-20-13-31(14-21(20)12-30)26(34)17-36-16-19-5-3-2-4-6-19/h2-9,20-21,23H,10-17H2,1H3,(H,29,33)/t20-,21+,23-/m0/s1. The van der Waals surface area contributed by atoms with Crippen LogP contribution in [0.25, 0.3) is 0 Å². The van der Waals surface area contributed by atoms with E-state index in [1.807, 2.05) is 40.1 Å². The third kappa shape index (κ3) is 5.69. The second-order valence-electron chi connectivity index (χ2n) is 9.89. The summed E-state index contributed by atoms with van der Waals surface area (Å²) in [5.74, 6) is -0.0656. The summed E-state index contributed by atoms with van der Waals surface area (Å²) in [4.78, 5) is 41.2. The Bertz CT molecular complexity index is 1150. The first-order valence-corrected chi connectivity index (χ1v) is 12.5. The molecule has 5 rings (SSSR count). The fourth-order valence-electron chi connectivity index (χ4n) is 5.33. The quantitative estimate of drug-likeness (QED) is 0.587. The Balaban J connectivity index is 1.12. The first-order chi connectivity index (χ1) is 17.9. The van der Waals surface area contributed by atoms with Crippen LogP contribution in [0.2, 0.25) is 0 Å². The predicted molar refractivity (Wildman–Crippen MR) is 135 cm³/mol. The van der Waals surface area contributed by atoms with Gasteiger partial charge in [0.25, 0.3) is 0 Å².